The maximum Gasteiger partial charge on any atom is 0.338 e. The lowest BCUT2D eigenvalue weighted by molar-refractivity contribution is 0.0692. The van der Waals surface area contributed by atoms with Gasteiger partial charge in [0.1, 0.15) is 10.9 Å². The number of carbonyl (C=O) groups is 1. The largest absolute Gasteiger partial charge is 0.478 e. The van der Waals surface area contributed by atoms with E-state index in [1.165, 1.54) is 17.8 Å². The second-order valence-corrected chi connectivity index (χ2v) is 5.22. The monoisotopic (exact) mass is 306 g/mol. The SMILES string of the molecule is CN(C)c1nc(N)nc(CSc2ncccc2C(=O)O)n1. The third kappa shape index (κ3) is 3.78. The van der Waals surface area contributed by atoms with Gasteiger partial charge in [0.2, 0.25) is 11.9 Å². The molecule has 2 aromatic heterocycles. The lowest BCUT2D eigenvalue weighted by atomic mass is 10.3. The molecule has 0 bridgehead atoms. The summed E-state index contributed by atoms with van der Waals surface area (Å²) in [4.78, 5) is 29.2. The summed E-state index contributed by atoms with van der Waals surface area (Å²) in [5, 5.41) is 9.52. The fraction of sp³-hybridized carbons (Fsp3) is 0.250. The first kappa shape index (κ1) is 15.0. The van der Waals surface area contributed by atoms with Crippen LogP contribution in [0.3, 0.4) is 0 Å². The molecule has 2 heterocycles. The first-order chi connectivity index (χ1) is 9.97. The summed E-state index contributed by atoms with van der Waals surface area (Å²) < 4.78 is 0. The van der Waals surface area contributed by atoms with E-state index in [4.69, 9.17) is 10.8 Å². The molecule has 0 spiro atoms. The molecule has 2 aromatic rings. The molecule has 0 fully saturated rings. The van der Waals surface area contributed by atoms with E-state index in [-0.39, 0.29) is 11.5 Å². The molecule has 3 N–H and O–H groups in total. The minimum atomic E-state index is -1.02. The fourth-order valence-electron chi connectivity index (χ4n) is 1.49. The number of nitrogens with two attached hydrogens (primary N) is 1. The Hall–Kier alpha value is -2.42. The highest BCUT2D eigenvalue weighted by molar-refractivity contribution is 7.98. The van der Waals surface area contributed by atoms with Crippen molar-refractivity contribution in [2.75, 3.05) is 24.7 Å². The van der Waals surface area contributed by atoms with Crippen LogP contribution in [0.15, 0.2) is 23.4 Å². The second-order valence-electron chi connectivity index (χ2n) is 4.25. The van der Waals surface area contributed by atoms with Gasteiger partial charge in [-0.15, -0.1) is 0 Å². The third-order valence-corrected chi connectivity index (χ3v) is 3.43. The van der Waals surface area contributed by atoms with Gasteiger partial charge in [-0.1, -0.05) is 11.8 Å². The van der Waals surface area contributed by atoms with E-state index < -0.39 is 5.97 Å². The van der Waals surface area contributed by atoms with Crippen LogP contribution >= 0.6 is 11.8 Å². The van der Waals surface area contributed by atoms with Crippen molar-refractivity contribution >= 4 is 29.6 Å². The normalized spacial score (nSPS) is 10.4. The van der Waals surface area contributed by atoms with Gasteiger partial charge in [-0.3, -0.25) is 0 Å². The summed E-state index contributed by atoms with van der Waals surface area (Å²) >= 11 is 1.24. The summed E-state index contributed by atoms with van der Waals surface area (Å²) in [5.41, 5.74) is 5.79. The highest BCUT2D eigenvalue weighted by Gasteiger charge is 2.13. The van der Waals surface area contributed by atoms with Crippen LogP contribution in [0.2, 0.25) is 0 Å². The quantitative estimate of drug-likeness (QED) is 0.777. The Balaban J connectivity index is 2.19. The predicted molar refractivity (Wildman–Crippen MR) is 79.3 cm³/mol. The Kier molecular flexibility index (Phi) is 4.53. The minimum Gasteiger partial charge on any atom is -0.478 e. The van der Waals surface area contributed by atoms with E-state index in [1.807, 2.05) is 0 Å². The molecule has 0 aliphatic rings. The Morgan fingerprint density at radius 3 is 2.81 bits per heavy atom. The Labute approximate surface area is 125 Å². The molecule has 0 saturated carbocycles. The van der Waals surface area contributed by atoms with E-state index in [0.29, 0.717) is 22.6 Å². The summed E-state index contributed by atoms with van der Waals surface area (Å²) in [6.45, 7) is 0. The summed E-state index contributed by atoms with van der Waals surface area (Å²) in [7, 11) is 3.60. The standard InChI is InChI=1S/C12H14N6O2S/c1-18(2)12-16-8(15-11(13)17-12)6-21-9-7(10(19)20)4-3-5-14-9/h3-5H,6H2,1-2H3,(H,19,20)(H2,13,15,16,17). The van der Waals surface area contributed by atoms with Crippen LogP contribution in [0, 0.1) is 0 Å². The average molecular weight is 306 g/mol. The van der Waals surface area contributed by atoms with Gasteiger partial charge in [0, 0.05) is 20.3 Å². The molecule has 0 atom stereocenters. The van der Waals surface area contributed by atoms with Crippen molar-refractivity contribution in [3.63, 3.8) is 0 Å². The molecule has 110 valence electrons. The minimum absolute atomic E-state index is 0.128. The van der Waals surface area contributed by atoms with Crippen molar-refractivity contribution in [2.45, 2.75) is 10.8 Å². The molecule has 0 saturated heterocycles. The number of nitrogen functional groups attached to an aromatic ring is 1. The first-order valence-electron chi connectivity index (χ1n) is 5.96. The molecule has 2 rings (SSSR count). The van der Waals surface area contributed by atoms with Crippen LogP contribution < -0.4 is 10.6 Å². The number of carboxylic acids is 1. The number of anilines is 2. The van der Waals surface area contributed by atoms with Crippen molar-refractivity contribution in [1.82, 2.24) is 19.9 Å². The molecule has 0 radical (unpaired) electrons. The molecule has 0 unspecified atom stereocenters. The molecule has 0 aliphatic carbocycles. The molecule has 0 aliphatic heterocycles. The number of rotatable bonds is 5. The van der Waals surface area contributed by atoms with Gasteiger partial charge < -0.3 is 15.7 Å². The van der Waals surface area contributed by atoms with Crippen LogP contribution in [0.25, 0.3) is 0 Å². The third-order valence-electron chi connectivity index (χ3n) is 2.43. The van der Waals surface area contributed by atoms with Crippen molar-refractivity contribution in [3.8, 4) is 0 Å². The molecule has 9 heteroatoms. The van der Waals surface area contributed by atoms with E-state index in [1.54, 1.807) is 31.3 Å². The smallest absolute Gasteiger partial charge is 0.338 e. The number of carboxylic acid groups (broad SMARTS) is 1. The van der Waals surface area contributed by atoms with Gasteiger partial charge in [-0.2, -0.15) is 15.0 Å². The van der Waals surface area contributed by atoms with E-state index >= 15 is 0 Å². The number of nitrogens with zero attached hydrogens (tertiary/aromatic N) is 5. The number of pyridine rings is 1. The molecular weight excluding hydrogens is 292 g/mol. The Bertz CT molecular complexity index is 664. The van der Waals surface area contributed by atoms with Crippen LogP contribution in [-0.4, -0.2) is 45.1 Å². The van der Waals surface area contributed by atoms with Crippen LogP contribution in [0.5, 0.6) is 0 Å². The predicted octanol–water partition coefficient (Wildman–Crippen LogP) is 0.905. The molecule has 8 nitrogen and oxygen atoms in total. The van der Waals surface area contributed by atoms with Gasteiger partial charge in [-0.05, 0) is 12.1 Å². The summed E-state index contributed by atoms with van der Waals surface area (Å²) in [6, 6.07) is 3.09. The maximum absolute atomic E-state index is 11.1. The lowest BCUT2D eigenvalue weighted by Gasteiger charge is -2.11. The first-order valence-corrected chi connectivity index (χ1v) is 6.95. The zero-order chi connectivity index (χ0) is 15.4. The van der Waals surface area contributed by atoms with Gasteiger partial charge in [-0.25, -0.2) is 9.78 Å². The highest BCUT2D eigenvalue weighted by atomic mass is 32.2. The van der Waals surface area contributed by atoms with Crippen molar-refractivity contribution in [3.05, 3.63) is 29.7 Å². The molecule has 21 heavy (non-hydrogen) atoms. The van der Waals surface area contributed by atoms with Crippen LogP contribution in [0.4, 0.5) is 11.9 Å². The van der Waals surface area contributed by atoms with Gasteiger partial charge >= 0.3 is 5.97 Å². The maximum atomic E-state index is 11.1. The van der Waals surface area contributed by atoms with Gasteiger partial charge in [0.15, 0.2) is 0 Å². The topological polar surface area (TPSA) is 118 Å². The van der Waals surface area contributed by atoms with Crippen molar-refractivity contribution in [2.24, 2.45) is 0 Å². The number of hydrogen-bond acceptors (Lipinski definition) is 8. The van der Waals surface area contributed by atoms with Crippen LogP contribution in [0.1, 0.15) is 16.2 Å². The van der Waals surface area contributed by atoms with E-state index in [0.717, 1.165) is 0 Å². The summed E-state index contributed by atoms with van der Waals surface area (Å²) in [5.74, 6) is 0.388. The zero-order valence-corrected chi connectivity index (χ0v) is 12.3. The Morgan fingerprint density at radius 2 is 2.14 bits per heavy atom. The molecule has 0 amide bonds. The van der Waals surface area contributed by atoms with E-state index in [2.05, 4.69) is 19.9 Å². The highest BCUT2D eigenvalue weighted by Crippen LogP contribution is 2.23. The molecular formula is C12H14N6O2S. The fourth-order valence-corrected chi connectivity index (χ4v) is 2.33. The van der Waals surface area contributed by atoms with Gasteiger partial charge in [0.05, 0.1) is 11.3 Å². The molecule has 0 aromatic carbocycles. The number of hydrogen-bond donors (Lipinski definition) is 2. The number of aromatic nitrogens is 4. The number of aromatic carboxylic acids is 1. The summed E-state index contributed by atoms with van der Waals surface area (Å²) in [6.07, 6.45) is 1.54. The van der Waals surface area contributed by atoms with E-state index in [9.17, 15) is 4.79 Å². The zero-order valence-electron chi connectivity index (χ0n) is 11.5. The second kappa shape index (κ2) is 6.35. The van der Waals surface area contributed by atoms with Gasteiger partial charge in [0.25, 0.3) is 0 Å². The van der Waals surface area contributed by atoms with Crippen LogP contribution in [-0.2, 0) is 5.75 Å². The van der Waals surface area contributed by atoms with Crippen molar-refractivity contribution in [1.29, 1.82) is 0 Å². The lowest BCUT2D eigenvalue weighted by Crippen LogP contribution is -2.16. The van der Waals surface area contributed by atoms with Crippen molar-refractivity contribution < 1.29 is 9.90 Å². The Morgan fingerprint density at radius 1 is 1.38 bits per heavy atom. The number of thioether (sulfide) groups is 1. The average Bonchev–Trinajstić information content (AvgIpc) is 2.44.